The van der Waals surface area contributed by atoms with E-state index in [1.54, 1.807) is 23.2 Å². The van der Waals surface area contributed by atoms with E-state index >= 15 is 0 Å². The van der Waals surface area contributed by atoms with E-state index < -0.39 is 6.04 Å². The number of halogens is 1. The predicted octanol–water partition coefficient (Wildman–Crippen LogP) is 3.61. The number of rotatable bonds is 3. The van der Waals surface area contributed by atoms with Crippen LogP contribution in [0.4, 0.5) is 10.1 Å². The minimum Gasteiger partial charge on any atom is -0.360 e. The molecule has 2 atom stereocenters. The van der Waals surface area contributed by atoms with Crippen LogP contribution in [0, 0.1) is 5.82 Å². The second-order valence-corrected chi connectivity index (χ2v) is 6.97. The lowest BCUT2D eigenvalue weighted by atomic mass is 9.97. The lowest BCUT2D eigenvalue weighted by Gasteiger charge is -2.43. The summed E-state index contributed by atoms with van der Waals surface area (Å²) in [5.74, 6) is 0.208. The van der Waals surface area contributed by atoms with Crippen LogP contribution in [0.5, 0.6) is 0 Å². The Hall–Kier alpha value is -2.80. The number of fused-ring (bicyclic) bond motifs is 3. The molecule has 0 spiro atoms. The predicted molar refractivity (Wildman–Crippen MR) is 102 cm³/mol. The molecule has 0 aromatic heterocycles. The molecule has 0 radical (unpaired) electrons. The van der Waals surface area contributed by atoms with Crippen LogP contribution >= 0.6 is 11.8 Å². The molecular formula is C19H17FN4OS. The molecule has 2 aliphatic rings. The monoisotopic (exact) mass is 368 g/mol. The van der Waals surface area contributed by atoms with Crippen molar-refractivity contribution in [2.45, 2.75) is 12.2 Å². The Morgan fingerprint density at radius 2 is 2.00 bits per heavy atom. The van der Waals surface area contributed by atoms with Gasteiger partial charge in [0.25, 0.3) is 5.91 Å². The van der Waals surface area contributed by atoms with E-state index in [0.29, 0.717) is 10.9 Å². The van der Waals surface area contributed by atoms with Crippen LogP contribution in [0.25, 0.3) is 0 Å². The maximum atomic E-state index is 13.4. The average molecular weight is 368 g/mol. The van der Waals surface area contributed by atoms with E-state index in [2.05, 4.69) is 22.3 Å². The summed E-state index contributed by atoms with van der Waals surface area (Å²) in [7, 11) is 0. The topological polar surface area (TPSA) is 56.7 Å². The quantitative estimate of drug-likeness (QED) is 0.813. The first-order valence-corrected chi connectivity index (χ1v) is 9.18. The lowest BCUT2D eigenvalue weighted by Crippen LogP contribution is -2.50. The summed E-state index contributed by atoms with van der Waals surface area (Å²) in [5.41, 5.74) is 2.56. The Morgan fingerprint density at radius 1 is 1.23 bits per heavy atom. The van der Waals surface area contributed by atoms with Crippen molar-refractivity contribution in [1.29, 1.82) is 0 Å². The van der Waals surface area contributed by atoms with Gasteiger partial charge in [-0.15, -0.1) is 11.7 Å². The van der Waals surface area contributed by atoms with Crippen molar-refractivity contribution in [3.8, 4) is 0 Å². The zero-order valence-electron chi connectivity index (χ0n) is 13.9. The Bertz CT molecular complexity index is 883. The first-order chi connectivity index (χ1) is 12.7. The third-order valence-electron chi connectivity index (χ3n) is 4.29. The molecule has 0 bridgehead atoms. The average Bonchev–Trinajstić information content (AvgIpc) is 2.66. The van der Waals surface area contributed by atoms with Gasteiger partial charge >= 0.3 is 0 Å². The number of hydrogen-bond acceptors (Lipinski definition) is 5. The number of carbonyl (C=O) groups excluding carboxylic acids is 1. The number of hydrazone groups is 1. The highest BCUT2D eigenvalue weighted by atomic mass is 32.2. The van der Waals surface area contributed by atoms with Gasteiger partial charge in [-0.05, 0) is 23.8 Å². The van der Waals surface area contributed by atoms with Crippen LogP contribution in [-0.4, -0.2) is 21.8 Å². The van der Waals surface area contributed by atoms with E-state index in [9.17, 15) is 9.18 Å². The van der Waals surface area contributed by atoms with Gasteiger partial charge in [0.1, 0.15) is 12.0 Å². The van der Waals surface area contributed by atoms with Gasteiger partial charge in [0, 0.05) is 17.0 Å². The number of carbonyl (C=O) groups is 1. The Balaban J connectivity index is 1.79. The smallest absolute Gasteiger partial charge is 0.255 e. The summed E-state index contributed by atoms with van der Waals surface area (Å²) in [4.78, 5) is 12.8. The van der Waals surface area contributed by atoms with Gasteiger partial charge in [-0.25, -0.2) is 4.39 Å². The van der Waals surface area contributed by atoms with Crippen LogP contribution < -0.4 is 10.6 Å². The van der Waals surface area contributed by atoms with Crippen LogP contribution in [-0.2, 0) is 4.79 Å². The fourth-order valence-corrected chi connectivity index (χ4v) is 3.74. The molecule has 26 heavy (non-hydrogen) atoms. The summed E-state index contributed by atoms with van der Waals surface area (Å²) >= 11 is 1.41. The second-order valence-electron chi connectivity index (χ2n) is 5.96. The standard InChI is InChI=1S/C19H17FN4OS/c1-2-11-26-19-22-18(25)16-14-5-3-4-6-15(14)21-17(24(16)23-19)12-7-9-13(20)10-8-12/h2-10,16-17,21H,1,11H2,(H,22,23,25). The highest BCUT2D eigenvalue weighted by Gasteiger charge is 2.41. The number of amides is 1. The van der Waals surface area contributed by atoms with Crippen LogP contribution in [0.3, 0.4) is 0 Å². The molecule has 0 saturated carbocycles. The number of para-hydroxylation sites is 1. The molecule has 5 nitrogen and oxygen atoms in total. The molecule has 2 aromatic carbocycles. The SMILES string of the molecule is C=CCSC1=NN2C(c3ccc(F)cc3)Nc3ccccc3C2C(=O)N1. The first-order valence-electron chi connectivity index (χ1n) is 8.20. The van der Waals surface area contributed by atoms with Crippen LogP contribution in [0.1, 0.15) is 23.3 Å². The summed E-state index contributed by atoms with van der Waals surface area (Å²) in [6.07, 6.45) is 1.38. The molecule has 132 valence electrons. The van der Waals surface area contributed by atoms with Gasteiger partial charge in [0.15, 0.2) is 11.2 Å². The number of anilines is 1. The number of thioether (sulfide) groups is 1. The van der Waals surface area contributed by atoms with Gasteiger partial charge in [0.2, 0.25) is 0 Å². The van der Waals surface area contributed by atoms with E-state index in [-0.39, 0.29) is 17.9 Å². The van der Waals surface area contributed by atoms with Crippen molar-refractivity contribution in [3.63, 3.8) is 0 Å². The number of nitrogens with one attached hydrogen (secondary N) is 2. The van der Waals surface area contributed by atoms with Gasteiger partial charge in [-0.2, -0.15) is 0 Å². The number of benzene rings is 2. The van der Waals surface area contributed by atoms with Crippen molar-refractivity contribution in [3.05, 3.63) is 78.1 Å². The molecule has 0 aliphatic carbocycles. The van der Waals surface area contributed by atoms with Crippen LogP contribution in [0.15, 0.2) is 66.3 Å². The molecule has 2 heterocycles. The first kappa shape index (κ1) is 16.7. The van der Waals surface area contributed by atoms with Crippen molar-refractivity contribution >= 4 is 28.5 Å². The fraction of sp³-hybridized carbons (Fsp3) is 0.158. The molecule has 2 unspecified atom stereocenters. The maximum Gasteiger partial charge on any atom is 0.255 e. The molecule has 2 aliphatic heterocycles. The van der Waals surface area contributed by atoms with Crippen molar-refractivity contribution in [1.82, 2.24) is 10.3 Å². The minimum absolute atomic E-state index is 0.132. The highest BCUT2D eigenvalue weighted by molar-refractivity contribution is 8.14. The zero-order valence-corrected chi connectivity index (χ0v) is 14.7. The van der Waals surface area contributed by atoms with Crippen molar-refractivity contribution < 1.29 is 9.18 Å². The molecule has 2 aromatic rings. The highest BCUT2D eigenvalue weighted by Crippen LogP contribution is 2.42. The lowest BCUT2D eigenvalue weighted by molar-refractivity contribution is -0.127. The Kier molecular flexibility index (Phi) is 4.38. The molecule has 4 rings (SSSR count). The van der Waals surface area contributed by atoms with E-state index in [1.807, 2.05) is 24.3 Å². The van der Waals surface area contributed by atoms with Crippen molar-refractivity contribution in [2.24, 2.45) is 5.10 Å². The normalized spacial score (nSPS) is 21.0. The summed E-state index contributed by atoms with van der Waals surface area (Å²) in [6.45, 7) is 3.70. The van der Waals surface area contributed by atoms with E-state index in [0.717, 1.165) is 16.8 Å². The van der Waals surface area contributed by atoms with Crippen LogP contribution in [0.2, 0.25) is 0 Å². The van der Waals surface area contributed by atoms with E-state index in [1.165, 1.54) is 23.9 Å². The van der Waals surface area contributed by atoms with Crippen molar-refractivity contribution in [2.75, 3.05) is 11.1 Å². The summed E-state index contributed by atoms with van der Waals surface area (Å²) in [6, 6.07) is 13.3. The molecule has 0 saturated heterocycles. The number of amidine groups is 1. The second kappa shape index (κ2) is 6.84. The Labute approximate surface area is 155 Å². The molecule has 1 amide bonds. The summed E-state index contributed by atoms with van der Waals surface area (Å²) in [5, 5.41) is 13.2. The third kappa shape index (κ3) is 2.94. The largest absolute Gasteiger partial charge is 0.360 e. The van der Waals surface area contributed by atoms with Gasteiger partial charge in [0.05, 0.1) is 0 Å². The zero-order chi connectivity index (χ0) is 18.1. The molecule has 7 heteroatoms. The molecular weight excluding hydrogens is 351 g/mol. The summed E-state index contributed by atoms with van der Waals surface area (Å²) < 4.78 is 13.4. The number of nitrogens with zero attached hydrogens (tertiary/aromatic N) is 2. The van der Waals surface area contributed by atoms with E-state index in [4.69, 9.17) is 0 Å². The fourth-order valence-electron chi connectivity index (χ4n) is 3.14. The van der Waals surface area contributed by atoms with Gasteiger partial charge in [-0.3, -0.25) is 9.80 Å². The third-order valence-corrected chi connectivity index (χ3v) is 5.14. The van der Waals surface area contributed by atoms with Gasteiger partial charge < -0.3 is 10.6 Å². The maximum absolute atomic E-state index is 13.4. The minimum atomic E-state index is -0.546. The van der Waals surface area contributed by atoms with Gasteiger partial charge in [-0.1, -0.05) is 48.2 Å². The Morgan fingerprint density at radius 3 is 2.77 bits per heavy atom. The molecule has 0 fully saturated rings. The molecule has 2 N–H and O–H groups in total. The number of hydrogen-bond donors (Lipinski definition) is 2.